The van der Waals surface area contributed by atoms with Crippen LogP contribution in [-0.4, -0.2) is 14.6 Å². The molecule has 0 aliphatic carbocycles. The van der Waals surface area contributed by atoms with Crippen LogP contribution in [0.15, 0.2) is 12.1 Å². The van der Waals surface area contributed by atoms with E-state index in [0.29, 0.717) is 11.5 Å². The summed E-state index contributed by atoms with van der Waals surface area (Å²) in [6, 6.07) is 3.49. The molecule has 0 aliphatic rings. The summed E-state index contributed by atoms with van der Waals surface area (Å²) in [5, 5.41) is 6.70. The lowest BCUT2D eigenvalue weighted by Gasteiger charge is -2.07. The SMILES string of the molecule is Cc1cc2nc(NP(=O)(Cl)Cl)cc(C)n2n1. The second-order valence-corrected chi connectivity index (χ2v) is 7.94. The minimum absolute atomic E-state index is 0.373. The van der Waals surface area contributed by atoms with E-state index < -0.39 is 6.00 Å². The molecule has 2 heterocycles. The topological polar surface area (TPSA) is 59.3 Å². The van der Waals surface area contributed by atoms with Crippen molar-refractivity contribution in [3.05, 3.63) is 23.5 Å². The molecule has 0 amide bonds. The lowest BCUT2D eigenvalue weighted by molar-refractivity contribution is 0.595. The highest BCUT2D eigenvalue weighted by atomic mass is 35.9. The van der Waals surface area contributed by atoms with Gasteiger partial charge >= 0.3 is 6.00 Å². The lowest BCUT2D eigenvalue weighted by Crippen LogP contribution is -1.99. The van der Waals surface area contributed by atoms with Crippen LogP contribution in [0.25, 0.3) is 5.65 Å². The first-order chi connectivity index (χ1) is 7.35. The fraction of sp³-hybridized carbons (Fsp3) is 0.250. The summed E-state index contributed by atoms with van der Waals surface area (Å²) in [7, 11) is 0. The van der Waals surface area contributed by atoms with Crippen molar-refractivity contribution in [3.63, 3.8) is 0 Å². The molecule has 86 valence electrons. The van der Waals surface area contributed by atoms with E-state index in [2.05, 4.69) is 15.2 Å². The molecular formula is C8H9Cl2N4OP. The Morgan fingerprint density at radius 3 is 2.69 bits per heavy atom. The van der Waals surface area contributed by atoms with Gasteiger partial charge in [-0.25, -0.2) is 9.50 Å². The molecule has 0 fully saturated rings. The van der Waals surface area contributed by atoms with Crippen molar-refractivity contribution in [3.8, 4) is 0 Å². The summed E-state index contributed by atoms with van der Waals surface area (Å²) < 4.78 is 12.9. The smallest absolute Gasteiger partial charge is 0.297 e. The van der Waals surface area contributed by atoms with Crippen molar-refractivity contribution < 1.29 is 4.57 Å². The summed E-state index contributed by atoms with van der Waals surface area (Å²) in [4.78, 5) is 4.19. The van der Waals surface area contributed by atoms with Gasteiger partial charge in [-0.1, -0.05) is 0 Å². The molecule has 16 heavy (non-hydrogen) atoms. The number of halogens is 2. The third kappa shape index (κ3) is 2.48. The third-order valence-corrected chi connectivity index (χ3v) is 2.97. The van der Waals surface area contributed by atoms with Gasteiger partial charge in [0.1, 0.15) is 5.82 Å². The molecule has 0 aromatic carbocycles. The normalized spacial score (nSPS) is 12.0. The van der Waals surface area contributed by atoms with Gasteiger partial charge < -0.3 is 0 Å². The van der Waals surface area contributed by atoms with Crippen LogP contribution in [0.1, 0.15) is 11.4 Å². The summed E-state index contributed by atoms with van der Waals surface area (Å²) in [5.41, 5.74) is 2.36. The van der Waals surface area contributed by atoms with Crippen LogP contribution < -0.4 is 5.09 Å². The van der Waals surface area contributed by atoms with E-state index in [1.54, 1.807) is 10.6 Å². The standard InChI is InChI=1S/C8H9Cl2N4OP/c1-5-3-8-11-7(13-16(9,10)15)4-6(2)14(8)12-5/h3-4H,1-2H3,(H,11,13,15). The monoisotopic (exact) mass is 278 g/mol. The van der Waals surface area contributed by atoms with Gasteiger partial charge in [0.25, 0.3) is 0 Å². The molecule has 0 saturated heterocycles. The molecular weight excluding hydrogens is 270 g/mol. The molecule has 0 aliphatic heterocycles. The maximum Gasteiger partial charge on any atom is 0.344 e. The van der Waals surface area contributed by atoms with Crippen LogP contribution in [0.4, 0.5) is 5.82 Å². The summed E-state index contributed by atoms with van der Waals surface area (Å²) in [6.07, 6.45) is 0. The average Bonchev–Trinajstić information content (AvgIpc) is 2.42. The van der Waals surface area contributed by atoms with Gasteiger partial charge in [-0.3, -0.25) is 9.65 Å². The minimum Gasteiger partial charge on any atom is -0.297 e. The van der Waals surface area contributed by atoms with Gasteiger partial charge in [0.15, 0.2) is 5.65 Å². The molecule has 1 N–H and O–H groups in total. The molecule has 8 heteroatoms. The highest BCUT2D eigenvalue weighted by molar-refractivity contribution is 8.09. The lowest BCUT2D eigenvalue weighted by atomic mass is 10.4. The van der Waals surface area contributed by atoms with E-state index in [-0.39, 0.29) is 0 Å². The van der Waals surface area contributed by atoms with Gasteiger partial charge in [0.05, 0.1) is 5.69 Å². The number of fused-ring (bicyclic) bond motifs is 1. The third-order valence-electron chi connectivity index (χ3n) is 1.97. The Hall–Kier alpha value is -0.770. The predicted molar refractivity (Wildman–Crippen MR) is 65.4 cm³/mol. The zero-order chi connectivity index (χ0) is 11.9. The van der Waals surface area contributed by atoms with E-state index in [0.717, 1.165) is 11.4 Å². The Kier molecular flexibility index (Phi) is 2.86. The highest BCUT2D eigenvalue weighted by Crippen LogP contribution is 2.55. The molecule has 5 nitrogen and oxygen atoms in total. The maximum absolute atomic E-state index is 11.2. The van der Waals surface area contributed by atoms with Crippen LogP contribution in [0.3, 0.4) is 0 Å². The fourth-order valence-electron chi connectivity index (χ4n) is 1.43. The van der Waals surface area contributed by atoms with E-state index in [1.807, 2.05) is 19.9 Å². The fourth-order valence-corrected chi connectivity index (χ4v) is 2.33. The van der Waals surface area contributed by atoms with Crippen molar-refractivity contribution in [2.24, 2.45) is 0 Å². The summed E-state index contributed by atoms with van der Waals surface area (Å²) >= 11 is 10.8. The number of aromatic nitrogens is 3. The number of aryl methyl sites for hydroxylation is 2. The number of hydrogen-bond donors (Lipinski definition) is 1. The summed E-state index contributed by atoms with van der Waals surface area (Å²) in [6.45, 7) is 3.73. The van der Waals surface area contributed by atoms with Crippen molar-refractivity contribution in [2.45, 2.75) is 13.8 Å². The number of nitrogens with one attached hydrogen (secondary N) is 1. The number of nitrogens with zero attached hydrogens (tertiary/aromatic N) is 3. The van der Waals surface area contributed by atoms with Crippen molar-refractivity contribution >= 4 is 39.9 Å². The van der Waals surface area contributed by atoms with Crippen LogP contribution in [0.5, 0.6) is 0 Å². The molecule has 2 rings (SSSR count). The van der Waals surface area contributed by atoms with Gasteiger partial charge in [-0.05, 0) is 36.3 Å². The molecule has 2 aromatic heterocycles. The average molecular weight is 279 g/mol. The first kappa shape index (κ1) is 11.7. The van der Waals surface area contributed by atoms with Gasteiger partial charge in [0.2, 0.25) is 0 Å². The second kappa shape index (κ2) is 3.91. The van der Waals surface area contributed by atoms with Crippen molar-refractivity contribution in [1.82, 2.24) is 14.6 Å². The first-order valence-electron chi connectivity index (χ1n) is 4.47. The van der Waals surface area contributed by atoms with Crippen LogP contribution in [0, 0.1) is 13.8 Å². The Bertz CT molecular complexity index is 591. The van der Waals surface area contributed by atoms with Crippen LogP contribution in [0.2, 0.25) is 0 Å². The molecule has 0 saturated carbocycles. The molecule has 0 bridgehead atoms. The largest absolute Gasteiger partial charge is 0.344 e. The quantitative estimate of drug-likeness (QED) is 0.856. The Labute approximate surface area is 102 Å². The van der Waals surface area contributed by atoms with E-state index in [9.17, 15) is 4.57 Å². The van der Waals surface area contributed by atoms with Gasteiger partial charge in [-0.15, -0.1) is 0 Å². The van der Waals surface area contributed by atoms with Gasteiger partial charge in [0, 0.05) is 17.8 Å². The van der Waals surface area contributed by atoms with Crippen molar-refractivity contribution in [1.29, 1.82) is 0 Å². The highest BCUT2D eigenvalue weighted by Gasteiger charge is 2.15. The Morgan fingerprint density at radius 2 is 2.06 bits per heavy atom. The number of anilines is 1. The Balaban J connectivity index is 2.53. The first-order valence-corrected chi connectivity index (χ1v) is 7.98. The minimum atomic E-state index is -3.38. The molecule has 0 spiro atoms. The predicted octanol–water partition coefficient (Wildman–Crippen LogP) is 3.34. The summed E-state index contributed by atoms with van der Waals surface area (Å²) in [5.74, 6) is -3.00. The van der Waals surface area contributed by atoms with Gasteiger partial charge in [-0.2, -0.15) is 5.10 Å². The van der Waals surface area contributed by atoms with Crippen LogP contribution >= 0.6 is 28.5 Å². The van der Waals surface area contributed by atoms with Crippen LogP contribution in [-0.2, 0) is 4.57 Å². The molecule has 2 aromatic rings. The second-order valence-electron chi connectivity index (χ2n) is 3.41. The number of rotatable bonds is 2. The maximum atomic E-state index is 11.2. The molecule has 0 radical (unpaired) electrons. The zero-order valence-electron chi connectivity index (χ0n) is 8.61. The van der Waals surface area contributed by atoms with E-state index in [1.165, 1.54) is 0 Å². The molecule has 0 atom stereocenters. The van der Waals surface area contributed by atoms with Crippen molar-refractivity contribution in [2.75, 3.05) is 5.09 Å². The zero-order valence-corrected chi connectivity index (χ0v) is 11.0. The van der Waals surface area contributed by atoms with E-state index >= 15 is 0 Å². The number of hydrogen-bond acceptors (Lipinski definition) is 3. The van der Waals surface area contributed by atoms with E-state index in [4.69, 9.17) is 22.5 Å². The molecule has 0 unspecified atom stereocenters. The Morgan fingerprint density at radius 1 is 1.38 bits per heavy atom.